The summed E-state index contributed by atoms with van der Waals surface area (Å²) in [5, 5.41) is 4.44. The Balaban J connectivity index is 1.27. The molecule has 46 heavy (non-hydrogen) atoms. The average Bonchev–Trinajstić information content (AvgIpc) is 3.52. The number of piperidine rings is 1. The maximum Gasteiger partial charge on any atom is 0.166 e. The molecule has 3 aliphatic rings. The number of benzene rings is 2. The van der Waals surface area contributed by atoms with Crippen molar-refractivity contribution in [3.63, 3.8) is 0 Å². The number of rotatable bonds is 11. The molecule has 0 saturated carbocycles. The van der Waals surface area contributed by atoms with Gasteiger partial charge in [0.2, 0.25) is 0 Å². The fourth-order valence-electron chi connectivity index (χ4n) is 6.05. The van der Waals surface area contributed by atoms with Crippen molar-refractivity contribution in [2.24, 2.45) is 5.92 Å². The van der Waals surface area contributed by atoms with E-state index in [-0.39, 0.29) is 5.92 Å². The van der Waals surface area contributed by atoms with E-state index in [1.165, 1.54) is 5.56 Å². The molecule has 3 aliphatic heterocycles. The Kier molecular flexibility index (Phi) is 9.77. The summed E-state index contributed by atoms with van der Waals surface area (Å²) in [5.41, 5.74) is 3.67. The molecule has 1 unspecified atom stereocenters. The summed E-state index contributed by atoms with van der Waals surface area (Å²) in [7, 11) is 4.97. The van der Waals surface area contributed by atoms with Crippen LogP contribution in [0, 0.1) is 5.92 Å². The average molecular weight is 663 g/mol. The number of hydrogen-bond donors (Lipinski definition) is 1. The van der Waals surface area contributed by atoms with Crippen molar-refractivity contribution in [3.05, 3.63) is 93.7 Å². The molecular weight excluding hydrogens is 625 g/mol. The Morgan fingerprint density at radius 2 is 1.65 bits per heavy atom. The van der Waals surface area contributed by atoms with Gasteiger partial charge in [-0.15, -0.1) is 0 Å². The molecule has 2 aromatic carbocycles. The number of methoxy groups -OCH3 is 3. The molecule has 10 nitrogen and oxygen atoms in total. The van der Waals surface area contributed by atoms with E-state index in [2.05, 4.69) is 34.3 Å². The van der Waals surface area contributed by atoms with Gasteiger partial charge in [-0.05, 0) is 48.7 Å². The van der Waals surface area contributed by atoms with Gasteiger partial charge in [0.25, 0.3) is 0 Å². The van der Waals surface area contributed by atoms with Gasteiger partial charge >= 0.3 is 0 Å². The van der Waals surface area contributed by atoms with Crippen molar-refractivity contribution in [2.75, 3.05) is 39.7 Å². The first-order valence-electron chi connectivity index (χ1n) is 15.2. The lowest BCUT2D eigenvalue weighted by Crippen LogP contribution is -2.38. The van der Waals surface area contributed by atoms with Gasteiger partial charge in [-0.1, -0.05) is 42.3 Å². The zero-order chi connectivity index (χ0) is 32.2. The topological polar surface area (TPSA) is 99.5 Å². The molecule has 4 heterocycles. The normalized spacial score (nSPS) is 16.8. The molecule has 0 aliphatic carbocycles. The number of nitrogens with zero attached hydrogens (tertiary/aromatic N) is 6. The largest absolute Gasteiger partial charge is 0.497 e. The minimum absolute atomic E-state index is 0.204. The van der Waals surface area contributed by atoms with Gasteiger partial charge in [0.1, 0.15) is 23.1 Å². The summed E-state index contributed by atoms with van der Waals surface area (Å²) in [4.78, 5) is 21.6. The molecular formula is C34H37Cl2N7O3. The highest BCUT2D eigenvalue weighted by molar-refractivity contribution is 6.35. The smallest absolute Gasteiger partial charge is 0.166 e. The standard InChI is InChI=1S/C34H37Cl2N7O3/c1-21-17-42(18-22-5-8-24(44-2)9-6-22)12-11-26(21)32-40-31-33(38-14-23-7-10-25(45-3)13-30(23)46-4)39-20-43(34(31)41-32)19-27-28(35)15-37-16-29(27)36/h5-10,13,15-16,20-21,26,38H,11-12,14,17-19H2,1-4H3/t21-,26?/m0/s1. The Labute approximate surface area is 279 Å². The van der Waals surface area contributed by atoms with Crippen LogP contribution >= 0.6 is 23.2 Å². The lowest BCUT2D eigenvalue weighted by Gasteiger charge is -2.35. The summed E-state index contributed by atoms with van der Waals surface area (Å²) in [5.74, 6) is 5.06. The van der Waals surface area contributed by atoms with E-state index >= 15 is 0 Å². The van der Waals surface area contributed by atoms with E-state index < -0.39 is 0 Å². The van der Waals surface area contributed by atoms with Crippen molar-refractivity contribution in [3.8, 4) is 28.8 Å². The Morgan fingerprint density at radius 3 is 2.35 bits per heavy atom. The number of aromatic nitrogens is 5. The van der Waals surface area contributed by atoms with Gasteiger partial charge in [0.15, 0.2) is 17.3 Å². The molecule has 3 aromatic rings. The van der Waals surface area contributed by atoms with Gasteiger partial charge in [-0.25, -0.2) is 15.0 Å². The summed E-state index contributed by atoms with van der Waals surface area (Å²) in [6.07, 6.45) is 5.89. The maximum atomic E-state index is 6.50. The molecule has 0 amide bonds. The van der Waals surface area contributed by atoms with E-state index in [0.717, 1.165) is 60.3 Å². The summed E-state index contributed by atoms with van der Waals surface area (Å²) < 4.78 is 18.2. The fraction of sp³-hybridized carbons (Fsp3) is 0.353. The first-order valence-corrected chi connectivity index (χ1v) is 15.9. The first kappa shape index (κ1) is 31.8. The van der Waals surface area contributed by atoms with E-state index in [1.54, 1.807) is 40.1 Å². The molecule has 1 aromatic heterocycles. The molecule has 2 atom stereocenters. The van der Waals surface area contributed by atoms with Crippen LogP contribution in [0.4, 0.5) is 5.82 Å². The highest BCUT2D eigenvalue weighted by atomic mass is 35.5. The number of halogens is 2. The minimum atomic E-state index is 0.204. The Hall–Kier alpha value is -4.12. The van der Waals surface area contributed by atoms with Crippen LogP contribution in [0.15, 0.2) is 61.2 Å². The van der Waals surface area contributed by atoms with Crippen LogP contribution in [0.25, 0.3) is 11.5 Å². The molecule has 1 saturated heterocycles. The fourth-order valence-corrected chi connectivity index (χ4v) is 6.53. The molecule has 0 spiro atoms. The number of imidazole rings is 1. The maximum absolute atomic E-state index is 6.50. The van der Waals surface area contributed by atoms with E-state index in [0.29, 0.717) is 46.4 Å². The van der Waals surface area contributed by atoms with Crippen molar-refractivity contribution >= 4 is 29.0 Å². The van der Waals surface area contributed by atoms with Gasteiger partial charge in [0.05, 0.1) is 44.2 Å². The Morgan fingerprint density at radius 1 is 0.913 bits per heavy atom. The summed E-state index contributed by atoms with van der Waals surface area (Å²) in [6, 6.07) is 14.0. The van der Waals surface area contributed by atoms with Crippen LogP contribution < -0.4 is 19.5 Å². The Bertz CT molecular complexity index is 1740. The lowest BCUT2D eigenvalue weighted by molar-refractivity contribution is 0.153. The summed E-state index contributed by atoms with van der Waals surface area (Å²) >= 11 is 13.0. The molecule has 12 heteroatoms. The number of likely N-dealkylation sites (tertiary alicyclic amines) is 1. The third-order valence-corrected chi connectivity index (χ3v) is 9.24. The number of anilines is 1. The monoisotopic (exact) mass is 661 g/mol. The number of ether oxygens (including phenoxy) is 3. The van der Waals surface area contributed by atoms with E-state index in [1.807, 2.05) is 34.9 Å². The van der Waals surface area contributed by atoms with Crippen molar-refractivity contribution in [1.29, 1.82) is 0 Å². The predicted octanol–water partition coefficient (Wildman–Crippen LogP) is 6.79. The summed E-state index contributed by atoms with van der Waals surface area (Å²) in [6.45, 7) is 5.93. The van der Waals surface area contributed by atoms with Crippen LogP contribution in [0.3, 0.4) is 0 Å². The molecule has 240 valence electrons. The molecule has 0 bridgehead atoms. The van der Waals surface area contributed by atoms with Crippen LogP contribution in [0.1, 0.15) is 41.8 Å². The zero-order valence-electron chi connectivity index (χ0n) is 26.3. The third kappa shape index (κ3) is 6.84. The number of pyridine rings is 1. The van der Waals surface area contributed by atoms with Gasteiger partial charge in [-0.2, -0.15) is 0 Å². The number of fused-ring (bicyclic) bond motifs is 1. The SMILES string of the molecule is COc1ccc(CN2CCC(c3nc4c(NCc5ccc(OC)cc5OC)ncn(Cc5c(Cl)cncc5Cl)c-4n3)[C@@H](C)C2)cc1. The molecule has 0 radical (unpaired) electrons. The van der Waals surface area contributed by atoms with Crippen molar-refractivity contribution < 1.29 is 14.2 Å². The minimum Gasteiger partial charge on any atom is -0.497 e. The number of hydrogen-bond acceptors (Lipinski definition) is 9. The third-order valence-electron chi connectivity index (χ3n) is 8.59. The zero-order valence-corrected chi connectivity index (χ0v) is 27.8. The second kappa shape index (κ2) is 14.1. The van der Waals surface area contributed by atoms with Crippen LogP contribution in [-0.2, 0) is 19.6 Å². The van der Waals surface area contributed by atoms with Crippen LogP contribution in [0.5, 0.6) is 17.2 Å². The molecule has 1 N–H and O–H groups in total. The van der Waals surface area contributed by atoms with Gasteiger partial charge in [-0.3, -0.25) is 9.88 Å². The molecule has 1 fully saturated rings. The highest BCUT2D eigenvalue weighted by Crippen LogP contribution is 2.37. The van der Waals surface area contributed by atoms with Gasteiger partial charge < -0.3 is 24.1 Å². The van der Waals surface area contributed by atoms with E-state index in [4.69, 9.17) is 52.4 Å². The van der Waals surface area contributed by atoms with Crippen molar-refractivity contribution in [1.82, 2.24) is 29.4 Å². The van der Waals surface area contributed by atoms with E-state index in [9.17, 15) is 0 Å². The number of nitrogens with one attached hydrogen (secondary N) is 1. The van der Waals surface area contributed by atoms with Gasteiger partial charge in [0, 0.05) is 55.1 Å². The van der Waals surface area contributed by atoms with Crippen LogP contribution in [0.2, 0.25) is 10.0 Å². The highest BCUT2D eigenvalue weighted by Gasteiger charge is 2.32. The van der Waals surface area contributed by atoms with Crippen molar-refractivity contribution in [2.45, 2.75) is 38.9 Å². The second-order valence-corrected chi connectivity index (χ2v) is 12.4. The van der Waals surface area contributed by atoms with Crippen LogP contribution in [-0.4, -0.2) is 63.8 Å². The molecule has 6 rings (SSSR count). The lowest BCUT2D eigenvalue weighted by atomic mass is 9.86. The quantitative estimate of drug-likeness (QED) is 0.164. The predicted molar refractivity (Wildman–Crippen MR) is 179 cm³/mol. The first-order chi connectivity index (χ1) is 22.4. The second-order valence-electron chi connectivity index (χ2n) is 11.5.